The summed E-state index contributed by atoms with van der Waals surface area (Å²) in [6.07, 6.45) is 5.10. The number of urea groups is 1. The van der Waals surface area contributed by atoms with Crippen LogP contribution in [-0.4, -0.2) is 31.4 Å². The number of anilines is 2. The number of aryl methyl sites for hydroxylation is 1. The van der Waals surface area contributed by atoms with E-state index in [2.05, 4.69) is 73.6 Å². The van der Waals surface area contributed by atoms with E-state index in [4.69, 9.17) is 4.74 Å². The van der Waals surface area contributed by atoms with Gasteiger partial charge in [-0.1, -0.05) is 25.1 Å². The SMILES string of the molecule is CCCN1c2cc(C)c(/C=N/NC(=O)Nc3ccccc3OC)cc2C(C)=CC1(C)C. The molecule has 3 rings (SSSR count). The zero-order valence-electron chi connectivity index (χ0n) is 19.2. The third-order valence-electron chi connectivity index (χ3n) is 5.54. The highest BCUT2D eigenvalue weighted by Gasteiger charge is 2.31. The van der Waals surface area contributed by atoms with Gasteiger partial charge in [0, 0.05) is 17.8 Å². The van der Waals surface area contributed by atoms with Gasteiger partial charge in [0.1, 0.15) is 5.75 Å². The molecule has 1 heterocycles. The van der Waals surface area contributed by atoms with Gasteiger partial charge in [-0.05, 0) is 75.1 Å². The number of hydrogen-bond donors (Lipinski definition) is 2. The van der Waals surface area contributed by atoms with Crippen molar-refractivity contribution in [1.29, 1.82) is 0 Å². The standard InChI is InChI=1S/C25H32N4O2/c1-7-12-29-22-13-17(2)19(14-20(22)18(3)15-25(29,4)5)16-26-28-24(30)27-21-10-8-9-11-23(21)31-6/h8-11,13-16H,7,12H2,1-6H3,(H2,27,28,30)/b26-16+. The number of methoxy groups -OCH3 is 1. The Bertz CT molecular complexity index is 1020. The first-order chi connectivity index (χ1) is 14.8. The maximum absolute atomic E-state index is 12.2. The topological polar surface area (TPSA) is 66.0 Å². The van der Waals surface area contributed by atoms with Crippen LogP contribution in [-0.2, 0) is 0 Å². The van der Waals surface area contributed by atoms with Crippen LogP contribution in [0, 0.1) is 6.92 Å². The fraction of sp³-hybridized carbons (Fsp3) is 0.360. The first kappa shape index (κ1) is 22.4. The Morgan fingerprint density at radius 2 is 1.97 bits per heavy atom. The van der Waals surface area contributed by atoms with E-state index in [9.17, 15) is 4.79 Å². The largest absolute Gasteiger partial charge is 0.495 e. The Balaban J connectivity index is 1.78. The second kappa shape index (κ2) is 9.25. The van der Waals surface area contributed by atoms with Crippen molar-refractivity contribution in [3.63, 3.8) is 0 Å². The Kier molecular flexibility index (Phi) is 6.68. The lowest BCUT2D eigenvalue weighted by atomic mass is 9.87. The summed E-state index contributed by atoms with van der Waals surface area (Å²) in [6, 6.07) is 11.2. The fourth-order valence-corrected chi connectivity index (χ4v) is 4.07. The number of ether oxygens (including phenoxy) is 1. The maximum Gasteiger partial charge on any atom is 0.339 e. The zero-order chi connectivity index (χ0) is 22.6. The number of hydrazone groups is 1. The fourth-order valence-electron chi connectivity index (χ4n) is 4.07. The van der Waals surface area contributed by atoms with Crippen molar-refractivity contribution in [3.05, 3.63) is 59.2 Å². The molecule has 0 aliphatic carbocycles. The summed E-state index contributed by atoms with van der Waals surface area (Å²) >= 11 is 0. The minimum atomic E-state index is -0.427. The zero-order valence-corrected chi connectivity index (χ0v) is 19.2. The first-order valence-electron chi connectivity index (χ1n) is 10.6. The van der Waals surface area contributed by atoms with Gasteiger partial charge in [0.05, 0.1) is 24.6 Å². The smallest absolute Gasteiger partial charge is 0.339 e. The van der Waals surface area contributed by atoms with Crippen LogP contribution in [0.3, 0.4) is 0 Å². The van der Waals surface area contributed by atoms with E-state index >= 15 is 0 Å². The lowest BCUT2D eigenvalue weighted by Crippen LogP contribution is -2.45. The number of fused-ring (bicyclic) bond motifs is 1. The summed E-state index contributed by atoms with van der Waals surface area (Å²) < 4.78 is 5.25. The summed E-state index contributed by atoms with van der Waals surface area (Å²) in [6.45, 7) is 11.9. The minimum absolute atomic E-state index is 0.0206. The van der Waals surface area contributed by atoms with Crippen LogP contribution in [0.1, 0.15) is 50.8 Å². The lowest BCUT2D eigenvalue weighted by molar-refractivity contribution is 0.252. The minimum Gasteiger partial charge on any atom is -0.495 e. The molecule has 2 aromatic rings. The number of benzene rings is 2. The van der Waals surface area contributed by atoms with Crippen LogP contribution < -0.4 is 20.4 Å². The van der Waals surface area contributed by atoms with E-state index in [1.165, 1.54) is 16.8 Å². The lowest BCUT2D eigenvalue weighted by Gasteiger charge is -2.43. The van der Waals surface area contributed by atoms with Crippen molar-refractivity contribution in [2.75, 3.05) is 23.9 Å². The molecule has 0 spiro atoms. The monoisotopic (exact) mass is 420 g/mol. The molecule has 2 aromatic carbocycles. The molecule has 1 aliphatic rings. The van der Waals surface area contributed by atoms with Gasteiger partial charge >= 0.3 is 6.03 Å². The van der Waals surface area contributed by atoms with Gasteiger partial charge in [-0.2, -0.15) is 5.10 Å². The molecule has 0 saturated carbocycles. The van der Waals surface area contributed by atoms with E-state index in [-0.39, 0.29) is 5.54 Å². The van der Waals surface area contributed by atoms with E-state index in [0.717, 1.165) is 24.1 Å². The van der Waals surface area contributed by atoms with Crippen LogP contribution in [0.4, 0.5) is 16.2 Å². The number of amides is 2. The maximum atomic E-state index is 12.2. The predicted octanol–water partition coefficient (Wildman–Crippen LogP) is 5.57. The van der Waals surface area contributed by atoms with Crippen molar-refractivity contribution >= 4 is 29.2 Å². The van der Waals surface area contributed by atoms with Crippen molar-refractivity contribution in [3.8, 4) is 5.75 Å². The number of nitrogens with one attached hydrogen (secondary N) is 2. The van der Waals surface area contributed by atoms with Gasteiger partial charge in [-0.15, -0.1) is 0 Å². The van der Waals surface area contributed by atoms with Gasteiger partial charge in [-0.3, -0.25) is 0 Å². The molecule has 31 heavy (non-hydrogen) atoms. The summed E-state index contributed by atoms with van der Waals surface area (Å²) in [5, 5.41) is 6.89. The number of carbonyl (C=O) groups is 1. The second-order valence-corrected chi connectivity index (χ2v) is 8.38. The van der Waals surface area contributed by atoms with Gasteiger partial charge in [0.15, 0.2) is 0 Å². The Morgan fingerprint density at radius 3 is 2.68 bits per heavy atom. The molecule has 2 amide bonds. The number of rotatable bonds is 6. The molecule has 2 N–H and O–H groups in total. The summed E-state index contributed by atoms with van der Waals surface area (Å²) in [7, 11) is 1.56. The summed E-state index contributed by atoms with van der Waals surface area (Å²) in [5.41, 5.74) is 8.89. The molecule has 164 valence electrons. The highest BCUT2D eigenvalue weighted by molar-refractivity contribution is 5.93. The molecule has 0 bridgehead atoms. The van der Waals surface area contributed by atoms with Crippen LogP contribution in [0.2, 0.25) is 0 Å². The Morgan fingerprint density at radius 1 is 1.23 bits per heavy atom. The highest BCUT2D eigenvalue weighted by atomic mass is 16.5. The van der Waals surface area contributed by atoms with E-state index in [1.807, 2.05) is 12.1 Å². The average molecular weight is 421 g/mol. The van der Waals surface area contributed by atoms with Crippen LogP contribution in [0.5, 0.6) is 5.75 Å². The predicted molar refractivity (Wildman–Crippen MR) is 129 cm³/mol. The molecule has 0 saturated heterocycles. The van der Waals surface area contributed by atoms with Crippen LogP contribution in [0.15, 0.2) is 47.6 Å². The van der Waals surface area contributed by atoms with Gasteiger partial charge < -0.3 is 15.0 Å². The Labute approximate surface area is 185 Å². The van der Waals surface area contributed by atoms with E-state index in [0.29, 0.717) is 11.4 Å². The molecule has 0 aromatic heterocycles. The molecule has 0 unspecified atom stereocenters. The quantitative estimate of drug-likeness (QED) is 0.474. The van der Waals surface area contributed by atoms with Crippen molar-refractivity contribution in [1.82, 2.24) is 5.43 Å². The van der Waals surface area contributed by atoms with Gasteiger partial charge in [-0.25, -0.2) is 10.2 Å². The first-order valence-corrected chi connectivity index (χ1v) is 10.6. The molecule has 1 aliphatic heterocycles. The van der Waals surface area contributed by atoms with Crippen molar-refractivity contribution in [2.24, 2.45) is 5.10 Å². The molecule has 0 atom stereocenters. The molecule has 0 radical (unpaired) electrons. The van der Waals surface area contributed by atoms with Gasteiger partial charge in [0.25, 0.3) is 0 Å². The molecule has 6 nitrogen and oxygen atoms in total. The van der Waals surface area contributed by atoms with Crippen molar-refractivity contribution in [2.45, 2.75) is 46.6 Å². The Hall–Kier alpha value is -3.28. The van der Waals surface area contributed by atoms with Crippen LogP contribution >= 0.6 is 0 Å². The number of allylic oxidation sites excluding steroid dienone is 1. The normalized spacial score (nSPS) is 14.8. The molecular formula is C25H32N4O2. The average Bonchev–Trinajstić information content (AvgIpc) is 2.72. The summed E-state index contributed by atoms with van der Waals surface area (Å²) in [5.74, 6) is 0.592. The third kappa shape index (κ3) is 4.90. The summed E-state index contributed by atoms with van der Waals surface area (Å²) in [4.78, 5) is 14.7. The highest BCUT2D eigenvalue weighted by Crippen LogP contribution is 2.40. The van der Waals surface area contributed by atoms with E-state index in [1.54, 1.807) is 25.5 Å². The third-order valence-corrected chi connectivity index (χ3v) is 5.54. The van der Waals surface area contributed by atoms with Crippen molar-refractivity contribution < 1.29 is 9.53 Å². The number of para-hydroxylation sites is 2. The van der Waals surface area contributed by atoms with Crippen LogP contribution in [0.25, 0.3) is 5.57 Å². The molecule has 0 fully saturated rings. The number of hydrogen-bond acceptors (Lipinski definition) is 4. The van der Waals surface area contributed by atoms with E-state index < -0.39 is 6.03 Å². The number of nitrogens with zero attached hydrogens (tertiary/aromatic N) is 2. The number of carbonyl (C=O) groups excluding carboxylic acids is 1. The molecular weight excluding hydrogens is 388 g/mol. The van der Waals surface area contributed by atoms with Gasteiger partial charge in [0.2, 0.25) is 0 Å². The molecule has 6 heteroatoms. The second-order valence-electron chi connectivity index (χ2n) is 8.38.